The van der Waals surface area contributed by atoms with E-state index in [-0.39, 0.29) is 12.2 Å². The fourth-order valence-electron chi connectivity index (χ4n) is 2.89. The van der Waals surface area contributed by atoms with Crippen LogP contribution in [0.4, 0.5) is 0 Å². The monoisotopic (exact) mass is 428 g/mol. The molecule has 0 fully saturated rings. The van der Waals surface area contributed by atoms with Crippen molar-refractivity contribution in [2.24, 2.45) is 0 Å². The molecule has 0 amide bonds. The molecule has 1 unspecified atom stereocenters. The largest absolute Gasteiger partial charge is 0.485 e. The summed E-state index contributed by atoms with van der Waals surface area (Å²) in [5, 5.41) is 8.93. The van der Waals surface area contributed by atoms with E-state index >= 15 is 0 Å². The third kappa shape index (κ3) is 3.66. The Hall–Kier alpha value is -3.04. The number of aromatic nitrogens is 4. The van der Waals surface area contributed by atoms with Crippen LogP contribution in [0.15, 0.2) is 63.1 Å². The summed E-state index contributed by atoms with van der Waals surface area (Å²) in [7, 11) is 0. The van der Waals surface area contributed by atoms with Gasteiger partial charge in [0.15, 0.2) is 11.5 Å². The van der Waals surface area contributed by atoms with Crippen molar-refractivity contribution < 1.29 is 13.9 Å². The standard InChI is InChI=1S/C19H13ClN4O4S/c20-11-5-6-16-21-12(7-17(25)24(16)8-11)10-29-19-23-22-18(28-19)15-9-26-13-3-1-2-4-14(13)27-15/h1-8,15H,9-10H2. The topological polar surface area (TPSA) is 91.8 Å². The van der Waals surface area contributed by atoms with Gasteiger partial charge in [-0.15, -0.1) is 10.2 Å². The van der Waals surface area contributed by atoms with E-state index in [9.17, 15) is 4.79 Å². The average molecular weight is 429 g/mol. The molecule has 0 N–H and O–H groups in total. The molecule has 1 aliphatic heterocycles. The molecule has 0 saturated carbocycles. The van der Waals surface area contributed by atoms with E-state index in [2.05, 4.69) is 15.2 Å². The van der Waals surface area contributed by atoms with E-state index < -0.39 is 6.10 Å². The highest BCUT2D eigenvalue weighted by molar-refractivity contribution is 7.98. The van der Waals surface area contributed by atoms with Crippen molar-refractivity contribution in [2.45, 2.75) is 17.1 Å². The van der Waals surface area contributed by atoms with E-state index in [0.29, 0.717) is 44.7 Å². The molecule has 8 nitrogen and oxygen atoms in total. The third-order valence-electron chi connectivity index (χ3n) is 4.23. The minimum atomic E-state index is -0.472. The van der Waals surface area contributed by atoms with Crippen LogP contribution >= 0.6 is 23.4 Å². The lowest BCUT2D eigenvalue weighted by Gasteiger charge is -2.23. The number of nitrogens with zero attached hydrogens (tertiary/aromatic N) is 4. The molecule has 4 heterocycles. The van der Waals surface area contributed by atoms with Crippen LogP contribution in [0.1, 0.15) is 17.7 Å². The molecule has 1 atom stereocenters. The van der Waals surface area contributed by atoms with E-state index in [1.165, 1.54) is 28.4 Å². The lowest BCUT2D eigenvalue weighted by atomic mass is 10.2. The zero-order valence-corrected chi connectivity index (χ0v) is 16.4. The Balaban J connectivity index is 1.29. The Bertz CT molecular complexity index is 1260. The molecule has 5 rings (SSSR count). The fraction of sp³-hybridized carbons (Fsp3) is 0.158. The normalized spacial score (nSPS) is 15.6. The quantitative estimate of drug-likeness (QED) is 0.456. The number of pyridine rings is 1. The number of ether oxygens (including phenoxy) is 2. The zero-order valence-electron chi connectivity index (χ0n) is 14.8. The zero-order chi connectivity index (χ0) is 19.8. The predicted octanol–water partition coefficient (Wildman–Crippen LogP) is 3.54. The van der Waals surface area contributed by atoms with Gasteiger partial charge in [-0.2, -0.15) is 0 Å². The molecule has 0 saturated heterocycles. The first-order chi connectivity index (χ1) is 14.2. The molecule has 29 heavy (non-hydrogen) atoms. The molecule has 10 heteroatoms. The Morgan fingerprint density at radius 1 is 1.17 bits per heavy atom. The Labute approximate surface area is 173 Å². The van der Waals surface area contributed by atoms with Crippen LogP contribution in [0.2, 0.25) is 5.02 Å². The van der Waals surface area contributed by atoms with Crippen molar-refractivity contribution in [3.05, 3.63) is 75.6 Å². The highest BCUT2D eigenvalue weighted by Crippen LogP contribution is 2.36. The van der Waals surface area contributed by atoms with Gasteiger partial charge in [0, 0.05) is 18.0 Å². The molecule has 146 valence electrons. The summed E-state index contributed by atoms with van der Waals surface area (Å²) >= 11 is 7.22. The Kier molecular flexibility index (Phi) is 4.61. The summed E-state index contributed by atoms with van der Waals surface area (Å²) in [4.78, 5) is 16.7. The number of hydrogen-bond donors (Lipinski definition) is 0. The highest BCUT2D eigenvalue weighted by Gasteiger charge is 2.27. The van der Waals surface area contributed by atoms with Crippen LogP contribution in [0.25, 0.3) is 5.65 Å². The first-order valence-electron chi connectivity index (χ1n) is 8.68. The lowest BCUT2D eigenvalue weighted by Crippen LogP contribution is -2.21. The summed E-state index contributed by atoms with van der Waals surface area (Å²) in [5.74, 6) is 2.06. The van der Waals surface area contributed by atoms with E-state index in [1.807, 2.05) is 24.3 Å². The van der Waals surface area contributed by atoms with Gasteiger partial charge in [0.05, 0.1) is 10.7 Å². The molecule has 1 aromatic carbocycles. The SMILES string of the molecule is O=c1cc(CSc2nnc(C3COc4ccccc4O3)o2)nc2ccc(Cl)cn12. The molecule has 0 bridgehead atoms. The maximum absolute atomic E-state index is 12.2. The maximum Gasteiger partial charge on any atom is 0.277 e. The second-order valence-electron chi connectivity index (χ2n) is 6.22. The van der Waals surface area contributed by atoms with Crippen LogP contribution in [0, 0.1) is 0 Å². The fourth-order valence-corrected chi connectivity index (χ4v) is 3.71. The highest BCUT2D eigenvalue weighted by atomic mass is 35.5. The molecule has 4 aromatic rings. The number of thioether (sulfide) groups is 1. The van der Waals surface area contributed by atoms with E-state index in [0.717, 1.165) is 0 Å². The number of para-hydroxylation sites is 2. The second-order valence-corrected chi connectivity index (χ2v) is 7.58. The van der Waals surface area contributed by atoms with Crippen LogP contribution in [0.3, 0.4) is 0 Å². The van der Waals surface area contributed by atoms with Gasteiger partial charge in [-0.25, -0.2) is 4.98 Å². The first kappa shape index (κ1) is 18.0. The predicted molar refractivity (Wildman–Crippen MR) is 106 cm³/mol. The van der Waals surface area contributed by atoms with Crippen LogP contribution in [-0.4, -0.2) is 26.2 Å². The maximum atomic E-state index is 12.2. The van der Waals surface area contributed by atoms with Crippen molar-refractivity contribution in [1.82, 2.24) is 19.6 Å². The van der Waals surface area contributed by atoms with Gasteiger partial charge in [-0.3, -0.25) is 9.20 Å². The summed E-state index contributed by atoms with van der Waals surface area (Å²) in [6.07, 6.45) is 1.07. The summed E-state index contributed by atoms with van der Waals surface area (Å²) in [6.45, 7) is 0.287. The smallest absolute Gasteiger partial charge is 0.277 e. The van der Waals surface area contributed by atoms with E-state index in [4.69, 9.17) is 25.5 Å². The van der Waals surface area contributed by atoms with Gasteiger partial charge in [0.1, 0.15) is 12.3 Å². The van der Waals surface area contributed by atoms with Gasteiger partial charge in [0.25, 0.3) is 16.7 Å². The molecule has 0 spiro atoms. The van der Waals surface area contributed by atoms with Crippen molar-refractivity contribution in [3.8, 4) is 11.5 Å². The molecule has 3 aromatic heterocycles. The molecule has 0 aliphatic carbocycles. The third-order valence-corrected chi connectivity index (χ3v) is 5.30. The molecule has 1 aliphatic rings. The van der Waals surface area contributed by atoms with Crippen molar-refractivity contribution in [1.29, 1.82) is 0 Å². The minimum absolute atomic E-state index is 0.203. The van der Waals surface area contributed by atoms with Gasteiger partial charge in [0.2, 0.25) is 6.10 Å². The van der Waals surface area contributed by atoms with Gasteiger partial charge in [-0.1, -0.05) is 35.5 Å². The first-order valence-corrected chi connectivity index (χ1v) is 10.0. The van der Waals surface area contributed by atoms with Crippen LogP contribution in [0.5, 0.6) is 11.5 Å². The van der Waals surface area contributed by atoms with E-state index in [1.54, 1.807) is 12.1 Å². The Morgan fingerprint density at radius 2 is 2.03 bits per heavy atom. The van der Waals surface area contributed by atoms with Crippen molar-refractivity contribution >= 4 is 29.0 Å². The summed E-state index contributed by atoms with van der Waals surface area (Å²) in [6, 6.07) is 12.3. The van der Waals surface area contributed by atoms with Gasteiger partial charge in [-0.05, 0) is 24.3 Å². The minimum Gasteiger partial charge on any atom is -0.485 e. The number of benzene rings is 1. The van der Waals surface area contributed by atoms with Crippen LogP contribution < -0.4 is 15.0 Å². The molecule has 0 radical (unpaired) electrons. The number of fused-ring (bicyclic) bond motifs is 2. The van der Waals surface area contributed by atoms with Gasteiger partial charge >= 0.3 is 0 Å². The van der Waals surface area contributed by atoms with Crippen LogP contribution in [-0.2, 0) is 5.75 Å². The molecular formula is C19H13ClN4O4S. The second kappa shape index (κ2) is 7.41. The molecular weight excluding hydrogens is 416 g/mol. The average Bonchev–Trinajstić information content (AvgIpc) is 3.21. The van der Waals surface area contributed by atoms with Gasteiger partial charge < -0.3 is 13.9 Å². The summed E-state index contributed by atoms with van der Waals surface area (Å²) in [5.41, 5.74) is 0.925. The Morgan fingerprint density at radius 3 is 2.93 bits per heavy atom. The van der Waals surface area contributed by atoms with Crippen molar-refractivity contribution in [3.63, 3.8) is 0 Å². The lowest BCUT2D eigenvalue weighted by molar-refractivity contribution is 0.0686. The summed E-state index contributed by atoms with van der Waals surface area (Å²) < 4.78 is 18.6. The number of rotatable bonds is 4. The van der Waals surface area contributed by atoms with Crippen molar-refractivity contribution in [2.75, 3.05) is 6.61 Å². The number of halogens is 1. The number of hydrogen-bond acceptors (Lipinski definition) is 8.